The summed E-state index contributed by atoms with van der Waals surface area (Å²) in [5.41, 5.74) is 0.497. The van der Waals surface area contributed by atoms with Crippen LogP contribution in [0.5, 0.6) is 0 Å². The maximum absolute atomic E-state index is 12.6. The molecule has 134 valence electrons. The summed E-state index contributed by atoms with van der Waals surface area (Å²) < 4.78 is 27.0. The number of piperidine rings is 2. The van der Waals surface area contributed by atoms with Crippen molar-refractivity contribution < 1.29 is 8.42 Å². The van der Waals surface area contributed by atoms with E-state index in [2.05, 4.69) is 11.8 Å². The van der Waals surface area contributed by atoms with Crippen LogP contribution in [-0.2, 0) is 10.0 Å². The summed E-state index contributed by atoms with van der Waals surface area (Å²) >= 11 is 0. The fraction of sp³-hybridized carbons (Fsp3) is 1.00. The average Bonchev–Trinajstić information content (AvgIpc) is 2.98. The lowest BCUT2D eigenvalue weighted by atomic mass is 9.78. The minimum Gasteiger partial charge on any atom is -0.303 e. The molecule has 5 heteroatoms. The zero-order valence-corrected chi connectivity index (χ0v) is 15.6. The van der Waals surface area contributed by atoms with E-state index in [-0.39, 0.29) is 0 Å². The second kappa shape index (κ2) is 7.40. The van der Waals surface area contributed by atoms with Crippen LogP contribution in [0.3, 0.4) is 0 Å². The van der Waals surface area contributed by atoms with Gasteiger partial charge in [-0.3, -0.25) is 0 Å². The van der Waals surface area contributed by atoms with E-state index in [1.165, 1.54) is 38.5 Å². The van der Waals surface area contributed by atoms with E-state index in [0.29, 0.717) is 11.2 Å². The number of hydrogen-bond donors (Lipinski definition) is 0. The van der Waals surface area contributed by atoms with Crippen molar-refractivity contribution in [3.8, 4) is 0 Å². The Hall–Kier alpha value is -0.130. The molecule has 3 rings (SSSR count). The number of likely N-dealkylation sites (tertiary alicyclic amines) is 1. The fourth-order valence-corrected chi connectivity index (χ4v) is 6.24. The Balaban J connectivity index is 1.41. The Bertz CT molecular complexity index is 467. The van der Waals surface area contributed by atoms with E-state index < -0.39 is 10.0 Å². The van der Waals surface area contributed by atoms with Crippen LogP contribution in [0.4, 0.5) is 0 Å². The van der Waals surface area contributed by atoms with Crippen molar-refractivity contribution in [2.24, 2.45) is 11.3 Å². The van der Waals surface area contributed by atoms with Gasteiger partial charge in [0.05, 0.1) is 5.75 Å². The zero-order valence-electron chi connectivity index (χ0n) is 14.8. The van der Waals surface area contributed by atoms with Crippen molar-refractivity contribution in [2.45, 2.75) is 64.7 Å². The van der Waals surface area contributed by atoms with Crippen molar-refractivity contribution in [1.29, 1.82) is 0 Å². The molecule has 1 aliphatic carbocycles. The van der Waals surface area contributed by atoms with Crippen molar-refractivity contribution in [3.63, 3.8) is 0 Å². The monoisotopic (exact) mass is 342 g/mol. The molecule has 0 aromatic carbocycles. The molecule has 0 aromatic heterocycles. The molecule has 1 saturated carbocycles. The number of rotatable bonds is 5. The second-order valence-corrected chi connectivity index (χ2v) is 10.4. The third-order valence-corrected chi connectivity index (χ3v) is 8.55. The summed E-state index contributed by atoms with van der Waals surface area (Å²) in [5, 5.41) is 0. The Labute approximate surface area is 142 Å². The molecule has 4 nitrogen and oxygen atoms in total. The lowest BCUT2D eigenvalue weighted by Gasteiger charge is -2.38. The summed E-state index contributed by atoms with van der Waals surface area (Å²) in [4.78, 5) is 2.44. The fourth-order valence-electron chi connectivity index (χ4n) is 4.75. The Morgan fingerprint density at radius 3 is 2.17 bits per heavy atom. The Morgan fingerprint density at radius 2 is 1.57 bits per heavy atom. The van der Waals surface area contributed by atoms with Gasteiger partial charge in [-0.2, -0.15) is 0 Å². The SMILES string of the molecule is CC1CCN(CCCS(=O)(=O)N2CCC3(CCCC3)CC2)CC1. The molecule has 0 N–H and O–H groups in total. The molecule has 0 aromatic rings. The Kier molecular flexibility index (Phi) is 5.69. The standard InChI is InChI=1S/C18H34N2O2S/c1-17-5-12-19(13-6-17)11-4-16-23(21,22)20-14-9-18(10-15-20)7-2-3-8-18/h17H,2-16H2,1H3. The molecule has 3 fully saturated rings. The van der Waals surface area contributed by atoms with Crippen LogP contribution in [0, 0.1) is 11.3 Å². The first-order chi connectivity index (χ1) is 11.0. The lowest BCUT2D eigenvalue weighted by Crippen LogP contribution is -2.43. The second-order valence-electron chi connectivity index (χ2n) is 8.30. The summed E-state index contributed by atoms with van der Waals surface area (Å²) in [6, 6.07) is 0. The molecule has 0 atom stereocenters. The lowest BCUT2D eigenvalue weighted by molar-refractivity contribution is 0.160. The van der Waals surface area contributed by atoms with E-state index in [9.17, 15) is 8.42 Å². The quantitative estimate of drug-likeness (QED) is 0.771. The number of hydrogen-bond acceptors (Lipinski definition) is 3. The first-order valence-corrected chi connectivity index (χ1v) is 11.3. The van der Waals surface area contributed by atoms with Gasteiger partial charge >= 0.3 is 0 Å². The van der Waals surface area contributed by atoms with Gasteiger partial charge in [0, 0.05) is 13.1 Å². The highest BCUT2D eigenvalue weighted by Gasteiger charge is 2.39. The molecule has 2 saturated heterocycles. The summed E-state index contributed by atoms with van der Waals surface area (Å²) in [7, 11) is -3.03. The van der Waals surface area contributed by atoms with Crippen molar-refractivity contribution >= 4 is 10.0 Å². The topological polar surface area (TPSA) is 40.6 Å². The van der Waals surface area contributed by atoms with Crippen molar-refractivity contribution in [1.82, 2.24) is 9.21 Å². The zero-order chi connectivity index (χ0) is 16.3. The van der Waals surface area contributed by atoms with Crippen LogP contribution < -0.4 is 0 Å². The molecule has 0 radical (unpaired) electrons. The molecule has 2 heterocycles. The summed E-state index contributed by atoms with van der Waals surface area (Å²) in [6.45, 7) is 7.09. The molecular weight excluding hydrogens is 308 g/mol. The predicted molar refractivity (Wildman–Crippen MR) is 94.9 cm³/mol. The third-order valence-electron chi connectivity index (χ3n) is 6.59. The van der Waals surface area contributed by atoms with Gasteiger partial charge in [-0.1, -0.05) is 19.8 Å². The number of sulfonamides is 1. The third kappa shape index (κ3) is 4.49. The van der Waals surface area contributed by atoms with Gasteiger partial charge in [0.1, 0.15) is 0 Å². The molecule has 0 amide bonds. The van der Waals surface area contributed by atoms with Crippen LogP contribution in [0.25, 0.3) is 0 Å². The predicted octanol–water partition coefficient (Wildman–Crippen LogP) is 3.09. The van der Waals surface area contributed by atoms with Crippen LogP contribution in [-0.4, -0.2) is 56.1 Å². The smallest absolute Gasteiger partial charge is 0.214 e. The highest BCUT2D eigenvalue weighted by Crippen LogP contribution is 2.46. The normalized spacial score (nSPS) is 27.7. The van der Waals surface area contributed by atoms with Gasteiger partial charge < -0.3 is 4.90 Å². The minimum atomic E-state index is -3.03. The molecule has 2 aliphatic heterocycles. The maximum atomic E-state index is 12.6. The number of nitrogens with zero attached hydrogens (tertiary/aromatic N) is 2. The van der Waals surface area contributed by atoms with Crippen molar-refractivity contribution in [2.75, 3.05) is 38.5 Å². The van der Waals surface area contributed by atoms with E-state index in [1.807, 2.05) is 0 Å². The van der Waals surface area contributed by atoms with Gasteiger partial charge in [-0.25, -0.2) is 12.7 Å². The highest BCUT2D eigenvalue weighted by atomic mass is 32.2. The van der Waals surface area contributed by atoms with Gasteiger partial charge in [0.15, 0.2) is 0 Å². The van der Waals surface area contributed by atoms with E-state index >= 15 is 0 Å². The van der Waals surface area contributed by atoms with Gasteiger partial charge in [-0.15, -0.1) is 0 Å². The van der Waals surface area contributed by atoms with Crippen molar-refractivity contribution in [3.05, 3.63) is 0 Å². The van der Waals surface area contributed by atoms with E-state index in [1.54, 1.807) is 4.31 Å². The molecular formula is C18H34N2O2S. The molecule has 3 aliphatic rings. The summed E-state index contributed by atoms with van der Waals surface area (Å²) in [5.74, 6) is 1.18. The first kappa shape index (κ1) is 17.7. The van der Waals surface area contributed by atoms with Crippen LogP contribution in [0.1, 0.15) is 64.7 Å². The molecule has 0 bridgehead atoms. The van der Waals surface area contributed by atoms with Crippen LogP contribution in [0.15, 0.2) is 0 Å². The summed E-state index contributed by atoms with van der Waals surface area (Å²) in [6.07, 6.45) is 10.9. The average molecular weight is 343 g/mol. The highest BCUT2D eigenvalue weighted by molar-refractivity contribution is 7.89. The largest absolute Gasteiger partial charge is 0.303 e. The van der Waals surface area contributed by atoms with Gasteiger partial charge in [0.2, 0.25) is 10.0 Å². The Morgan fingerprint density at radius 1 is 0.957 bits per heavy atom. The van der Waals surface area contributed by atoms with Gasteiger partial charge in [0.25, 0.3) is 0 Å². The molecule has 23 heavy (non-hydrogen) atoms. The minimum absolute atomic E-state index is 0.339. The molecule has 1 spiro atoms. The van der Waals surface area contributed by atoms with E-state index in [0.717, 1.165) is 57.9 Å². The van der Waals surface area contributed by atoms with Crippen LogP contribution >= 0.6 is 0 Å². The van der Waals surface area contributed by atoms with E-state index in [4.69, 9.17) is 0 Å². The maximum Gasteiger partial charge on any atom is 0.214 e. The van der Waals surface area contributed by atoms with Gasteiger partial charge in [-0.05, 0) is 75.9 Å². The van der Waals surface area contributed by atoms with Crippen LogP contribution in [0.2, 0.25) is 0 Å². The molecule has 0 unspecified atom stereocenters. The first-order valence-electron chi connectivity index (χ1n) is 9.69.